The maximum atomic E-state index is 13.1. The first-order valence-electron chi connectivity index (χ1n) is 9.31. The second-order valence-electron chi connectivity index (χ2n) is 6.76. The summed E-state index contributed by atoms with van der Waals surface area (Å²) < 4.78 is 2.74. The summed E-state index contributed by atoms with van der Waals surface area (Å²) in [4.78, 5) is 30.2. The fourth-order valence-corrected chi connectivity index (χ4v) is 3.31. The molecule has 28 heavy (non-hydrogen) atoms. The van der Waals surface area contributed by atoms with Crippen molar-refractivity contribution in [3.63, 3.8) is 0 Å². The van der Waals surface area contributed by atoms with Gasteiger partial charge in [-0.15, -0.1) is 5.10 Å². The average molecular weight is 375 g/mol. The van der Waals surface area contributed by atoms with Gasteiger partial charge in [0, 0.05) is 17.5 Å². The van der Waals surface area contributed by atoms with Crippen molar-refractivity contribution in [2.45, 2.75) is 33.2 Å². The normalized spacial score (nSPS) is 11.2. The summed E-state index contributed by atoms with van der Waals surface area (Å²) in [7, 11) is 0. The molecule has 4 rings (SSSR count). The molecule has 0 spiro atoms. The van der Waals surface area contributed by atoms with E-state index in [1.54, 1.807) is 0 Å². The minimum atomic E-state index is -0.372. The largest absolute Gasteiger partial charge is 0.351 e. The van der Waals surface area contributed by atoms with Crippen molar-refractivity contribution in [1.29, 1.82) is 0 Å². The van der Waals surface area contributed by atoms with Crippen LogP contribution in [0, 0.1) is 6.92 Å². The van der Waals surface area contributed by atoms with Crippen molar-refractivity contribution in [3.05, 3.63) is 70.4 Å². The van der Waals surface area contributed by atoms with Crippen LogP contribution < -0.4 is 11.0 Å². The molecule has 2 heterocycles. The maximum absolute atomic E-state index is 13.1. The number of aromatic nitrogens is 4. The van der Waals surface area contributed by atoms with Crippen LogP contribution in [-0.4, -0.2) is 25.1 Å². The van der Waals surface area contributed by atoms with Gasteiger partial charge in [0.25, 0.3) is 0 Å². The Hall–Kier alpha value is -3.48. The van der Waals surface area contributed by atoms with Crippen LogP contribution in [0.5, 0.6) is 0 Å². The minimum absolute atomic E-state index is 0.105. The van der Waals surface area contributed by atoms with Gasteiger partial charge in [-0.2, -0.15) is 4.52 Å². The van der Waals surface area contributed by atoms with Gasteiger partial charge in [0.1, 0.15) is 6.54 Å². The van der Waals surface area contributed by atoms with Gasteiger partial charge in [-0.3, -0.25) is 9.36 Å². The summed E-state index contributed by atoms with van der Waals surface area (Å²) in [6.45, 7) is 3.86. The van der Waals surface area contributed by atoms with Crippen molar-refractivity contribution >= 4 is 28.1 Å². The van der Waals surface area contributed by atoms with Crippen molar-refractivity contribution in [1.82, 2.24) is 19.2 Å². The Bertz CT molecular complexity index is 1240. The van der Waals surface area contributed by atoms with Crippen molar-refractivity contribution in [2.75, 3.05) is 5.32 Å². The number of nitrogens with zero attached hydrogens (tertiary/aromatic N) is 4. The number of benzene rings is 2. The van der Waals surface area contributed by atoms with Crippen LogP contribution in [0.25, 0.3) is 16.6 Å². The van der Waals surface area contributed by atoms with Crippen molar-refractivity contribution in [3.8, 4) is 0 Å². The first-order chi connectivity index (χ1) is 13.6. The molecule has 7 heteroatoms. The molecule has 0 aliphatic rings. The number of hydrogen-bond donors (Lipinski definition) is 1. The molecule has 2 aromatic heterocycles. The Kier molecular flexibility index (Phi) is 4.65. The maximum Gasteiger partial charge on any atom is 0.351 e. The van der Waals surface area contributed by atoms with E-state index in [9.17, 15) is 9.59 Å². The Labute approximate surface area is 161 Å². The van der Waals surface area contributed by atoms with E-state index in [-0.39, 0.29) is 18.1 Å². The quantitative estimate of drug-likeness (QED) is 0.581. The molecular formula is C21H21N5O2. The third kappa shape index (κ3) is 3.15. The third-order valence-corrected chi connectivity index (χ3v) is 4.69. The number of aryl methyl sites for hydroxylation is 2. The predicted molar refractivity (Wildman–Crippen MR) is 109 cm³/mol. The fourth-order valence-electron chi connectivity index (χ4n) is 3.31. The van der Waals surface area contributed by atoms with E-state index < -0.39 is 0 Å². The zero-order chi connectivity index (χ0) is 19.7. The van der Waals surface area contributed by atoms with E-state index in [4.69, 9.17) is 0 Å². The molecule has 7 nitrogen and oxygen atoms in total. The number of fused-ring (bicyclic) bond motifs is 3. The van der Waals surface area contributed by atoms with Gasteiger partial charge in [-0.25, -0.2) is 9.78 Å². The molecule has 0 bridgehead atoms. The van der Waals surface area contributed by atoms with E-state index in [1.165, 1.54) is 9.08 Å². The van der Waals surface area contributed by atoms with Gasteiger partial charge in [0.15, 0.2) is 11.5 Å². The highest BCUT2D eigenvalue weighted by Crippen LogP contribution is 2.18. The molecule has 4 aromatic rings. The summed E-state index contributed by atoms with van der Waals surface area (Å²) in [6.07, 6.45) is 1.59. The van der Waals surface area contributed by atoms with Crippen molar-refractivity contribution < 1.29 is 4.79 Å². The number of anilines is 1. The smallest absolute Gasteiger partial charge is 0.324 e. The highest BCUT2D eigenvalue weighted by Gasteiger charge is 2.16. The highest BCUT2D eigenvalue weighted by molar-refractivity contribution is 5.94. The molecule has 0 aliphatic heterocycles. The summed E-state index contributed by atoms with van der Waals surface area (Å²) in [5, 5.41) is 8.03. The summed E-state index contributed by atoms with van der Waals surface area (Å²) >= 11 is 0. The van der Waals surface area contributed by atoms with Crippen LogP contribution in [0.4, 0.5) is 5.69 Å². The van der Waals surface area contributed by atoms with Gasteiger partial charge in [0.05, 0.1) is 5.52 Å². The standard InChI is InChI=1S/C21H21N5O2/c1-3-8-18-23-20-15-10-5-7-12-17(15)25(21(28)26(20)24-18)13-19(27)22-16-11-6-4-9-14(16)2/h4-7,9-12H,3,8,13H2,1-2H3,(H,22,27). The molecular weight excluding hydrogens is 354 g/mol. The first kappa shape index (κ1) is 17.9. The second kappa shape index (κ2) is 7.26. The number of rotatable bonds is 5. The molecule has 0 aliphatic carbocycles. The minimum Gasteiger partial charge on any atom is -0.324 e. The number of nitrogens with one attached hydrogen (secondary N) is 1. The van der Waals surface area contributed by atoms with Gasteiger partial charge in [-0.05, 0) is 37.1 Å². The van der Waals surface area contributed by atoms with Crippen LogP contribution in [0.15, 0.2) is 53.3 Å². The third-order valence-electron chi connectivity index (χ3n) is 4.69. The predicted octanol–water partition coefficient (Wildman–Crippen LogP) is 2.94. The van der Waals surface area contributed by atoms with Crippen LogP contribution in [0.1, 0.15) is 24.7 Å². The highest BCUT2D eigenvalue weighted by atomic mass is 16.2. The molecule has 0 saturated carbocycles. The molecule has 1 N–H and O–H groups in total. The number of carbonyl (C=O) groups excluding carboxylic acids is 1. The van der Waals surface area contributed by atoms with E-state index in [2.05, 4.69) is 15.4 Å². The van der Waals surface area contributed by atoms with Crippen LogP contribution in [-0.2, 0) is 17.8 Å². The molecule has 142 valence electrons. The zero-order valence-electron chi connectivity index (χ0n) is 15.8. The molecule has 0 saturated heterocycles. The average Bonchev–Trinajstić information content (AvgIpc) is 3.12. The molecule has 0 fully saturated rings. The monoisotopic (exact) mass is 375 g/mol. The number of amides is 1. The van der Waals surface area contributed by atoms with Gasteiger partial charge in [0.2, 0.25) is 5.91 Å². The number of hydrogen-bond acceptors (Lipinski definition) is 4. The summed E-state index contributed by atoms with van der Waals surface area (Å²) in [5.41, 5.74) is 2.51. The summed E-state index contributed by atoms with van der Waals surface area (Å²) in [6, 6.07) is 15.0. The Morgan fingerprint density at radius 3 is 2.64 bits per heavy atom. The van der Waals surface area contributed by atoms with E-state index in [0.29, 0.717) is 23.4 Å². The number of carbonyl (C=O) groups is 1. The van der Waals surface area contributed by atoms with Crippen LogP contribution in [0.3, 0.4) is 0 Å². The lowest BCUT2D eigenvalue weighted by Gasteiger charge is -2.12. The zero-order valence-corrected chi connectivity index (χ0v) is 15.8. The summed E-state index contributed by atoms with van der Waals surface area (Å²) in [5.74, 6) is 0.363. The van der Waals surface area contributed by atoms with Crippen molar-refractivity contribution in [2.24, 2.45) is 0 Å². The van der Waals surface area contributed by atoms with Crippen LogP contribution >= 0.6 is 0 Å². The SMILES string of the molecule is CCCc1nc2c3ccccc3n(CC(=O)Nc3ccccc3C)c(=O)n2n1. The Morgan fingerprint density at radius 1 is 1.11 bits per heavy atom. The molecule has 0 atom stereocenters. The second-order valence-corrected chi connectivity index (χ2v) is 6.76. The van der Waals surface area contributed by atoms with Gasteiger partial charge >= 0.3 is 5.69 Å². The Balaban J connectivity index is 1.79. The van der Waals surface area contributed by atoms with Crippen LogP contribution in [0.2, 0.25) is 0 Å². The topological polar surface area (TPSA) is 81.3 Å². The van der Waals surface area contributed by atoms with Gasteiger partial charge < -0.3 is 5.32 Å². The fraction of sp³-hybridized carbons (Fsp3) is 0.238. The Morgan fingerprint density at radius 2 is 1.86 bits per heavy atom. The molecule has 1 amide bonds. The first-order valence-corrected chi connectivity index (χ1v) is 9.31. The lowest BCUT2D eigenvalue weighted by Crippen LogP contribution is -2.32. The molecule has 0 unspecified atom stereocenters. The lowest BCUT2D eigenvalue weighted by atomic mass is 10.2. The van der Waals surface area contributed by atoms with E-state index in [0.717, 1.165) is 23.1 Å². The van der Waals surface area contributed by atoms with E-state index in [1.807, 2.05) is 62.4 Å². The molecule has 0 radical (unpaired) electrons. The van der Waals surface area contributed by atoms with Gasteiger partial charge in [-0.1, -0.05) is 37.3 Å². The molecule has 2 aromatic carbocycles. The lowest BCUT2D eigenvalue weighted by molar-refractivity contribution is -0.116. The van der Waals surface area contributed by atoms with E-state index >= 15 is 0 Å². The number of para-hydroxylation sites is 2.